The highest BCUT2D eigenvalue weighted by molar-refractivity contribution is 5.23. The van der Waals surface area contributed by atoms with Crippen LogP contribution in [0.25, 0.3) is 0 Å². The van der Waals surface area contributed by atoms with E-state index in [1.807, 2.05) is 12.4 Å². The lowest BCUT2D eigenvalue weighted by Gasteiger charge is -2.60. The molecule has 7 rings (SSSR count). The van der Waals surface area contributed by atoms with Crippen LogP contribution in [0.1, 0.15) is 55.7 Å². The highest BCUT2D eigenvalue weighted by Gasteiger charge is 2.60. The normalized spacial score (nSPS) is 34.2. The monoisotopic (exact) mass is 360 g/mol. The van der Waals surface area contributed by atoms with E-state index in [9.17, 15) is 0 Å². The van der Waals surface area contributed by atoms with Gasteiger partial charge in [-0.25, -0.2) is 14.6 Å². The second kappa shape index (κ2) is 5.50. The van der Waals surface area contributed by atoms with Crippen LogP contribution in [0.5, 0.6) is 0 Å². The fraction of sp³-hybridized carbons (Fsp3) is 0.524. The van der Waals surface area contributed by atoms with Crippen LogP contribution in [0, 0.1) is 11.8 Å². The van der Waals surface area contributed by atoms with E-state index < -0.39 is 0 Å². The maximum atomic E-state index is 5.00. The number of aromatic amines is 1. The van der Waals surface area contributed by atoms with Gasteiger partial charge < -0.3 is 0 Å². The van der Waals surface area contributed by atoms with Crippen molar-refractivity contribution in [3.8, 4) is 0 Å². The number of aromatic nitrogens is 6. The van der Waals surface area contributed by atoms with Gasteiger partial charge in [-0.15, -0.1) is 0 Å². The van der Waals surface area contributed by atoms with Crippen LogP contribution in [-0.4, -0.2) is 29.9 Å². The Kier molecular flexibility index (Phi) is 3.17. The van der Waals surface area contributed by atoms with Crippen molar-refractivity contribution < 1.29 is 0 Å². The smallest absolute Gasteiger partial charge is 0.156 e. The topological polar surface area (TPSA) is 72.3 Å². The Morgan fingerprint density at radius 1 is 1.07 bits per heavy atom. The maximum absolute atomic E-state index is 5.00. The van der Waals surface area contributed by atoms with Crippen molar-refractivity contribution in [2.75, 3.05) is 0 Å². The Hall–Kier alpha value is -2.50. The van der Waals surface area contributed by atoms with E-state index in [0.717, 1.165) is 36.3 Å². The van der Waals surface area contributed by atoms with Gasteiger partial charge >= 0.3 is 0 Å². The van der Waals surface area contributed by atoms with Crippen molar-refractivity contribution in [2.45, 2.75) is 55.9 Å². The lowest BCUT2D eigenvalue weighted by atomic mass is 9.46. The fourth-order valence-electron chi connectivity index (χ4n) is 6.60. The van der Waals surface area contributed by atoms with E-state index in [0.29, 0.717) is 0 Å². The summed E-state index contributed by atoms with van der Waals surface area (Å²) in [5.41, 5.74) is 1.48. The Morgan fingerprint density at radius 3 is 2.63 bits per heavy atom. The third-order valence-electron chi connectivity index (χ3n) is 7.16. The molecule has 2 heterocycles. The minimum Gasteiger partial charge on any atom is -0.263 e. The second-order valence-corrected chi connectivity index (χ2v) is 9.07. The lowest BCUT2D eigenvalue weighted by molar-refractivity contribution is -0.0715. The average Bonchev–Trinajstić information content (AvgIpc) is 3.34. The predicted molar refractivity (Wildman–Crippen MR) is 100.0 cm³/mol. The molecule has 4 aliphatic carbocycles. The van der Waals surface area contributed by atoms with Gasteiger partial charge in [0.15, 0.2) is 5.82 Å². The van der Waals surface area contributed by atoms with Crippen molar-refractivity contribution >= 4 is 0 Å². The van der Waals surface area contributed by atoms with E-state index in [1.54, 1.807) is 6.33 Å². The summed E-state index contributed by atoms with van der Waals surface area (Å²) in [6.07, 6.45) is 11.8. The molecule has 4 saturated carbocycles. The zero-order chi connectivity index (χ0) is 17.9. The average molecular weight is 360 g/mol. The van der Waals surface area contributed by atoms with E-state index >= 15 is 0 Å². The molecule has 138 valence electrons. The molecule has 0 radical (unpaired) electrons. The molecule has 4 fully saturated rings. The van der Waals surface area contributed by atoms with E-state index in [1.165, 1.54) is 37.7 Å². The van der Waals surface area contributed by atoms with Gasteiger partial charge in [0.05, 0.1) is 5.54 Å². The summed E-state index contributed by atoms with van der Waals surface area (Å²) in [7, 11) is 0. The predicted octanol–water partition coefficient (Wildman–Crippen LogP) is 3.23. The fourth-order valence-corrected chi connectivity index (χ4v) is 6.60. The third-order valence-corrected chi connectivity index (χ3v) is 7.16. The SMILES string of the molecule is c1ccc(Cc2nc(C34C[C@@H]5C[C@@H](C3)CC(n3cncn3)(C5)C4)n[nH]2)cc1. The standard InChI is InChI=1S/C21H24N6/c1-2-4-15(5-3-1)7-18-24-19(26-25-18)20-8-16-6-17(9-20)11-21(10-16,12-20)27-14-22-13-23-27/h1-5,13-14,16-17H,6-12H2,(H,24,25,26)/t16-,17-,20?,21?/m0/s1. The van der Waals surface area contributed by atoms with Gasteiger partial charge in [-0.3, -0.25) is 5.10 Å². The van der Waals surface area contributed by atoms with Gasteiger partial charge in [-0.2, -0.15) is 10.2 Å². The number of nitrogens with one attached hydrogen (secondary N) is 1. The first-order valence-corrected chi connectivity index (χ1v) is 10.0. The van der Waals surface area contributed by atoms with Crippen LogP contribution in [0.2, 0.25) is 0 Å². The summed E-state index contributed by atoms with van der Waals surface area (Å²) >= 11 is 0. The summed E-state index contributed by atoms with van der Waals surface area (Å²) in [5, 5.41) is 12.5. The van der Waals surface area contributed by atoms with Crippen molar-refractivity contribution in [1.29, 1.82) is 0 Å². The Morgan fingerprint density at radius 2 is 1.89 bits per heavy atom. The molecule has 6 heteroatoms. The van der Waals surface area contributed by atoms with E-state index in [-0.39, 0.29) is 11.0 Å². The van der Waals surface area contributed by atoms with Crippen molar-refractivity contribution in [2.24, 2.45) is 11.8 Å². The first kappa shape index (κ1) is 15.5. The van der Waals surface area contributed by atoms with Crippen LogP contribution in [0.15, 0.2) is 43.0 Å². The molecule has 0 amide bonds. The zero-order valence-corrected chi connectivity index (χ0v) is 15.4. The zero-order valence-electron chi connectivity index (χ0n) is 15.4. The van der Waals surface area contributed by atoms with Crippen molar-refractivity contribution in [3.05, 3.63) is 60.2 Å². The molecular weight excluding hydrogens is 336 g/mol. The van der Waals surface area contributed by atoms with Crippen LogP contribution < -0.4 is 0 Å². The number of benzene rings is 1. The molecule has 0 spiro atoms. The minimum absolute atomic E-state index is 0.0987. The molecule has 3 aromatic rings. The van der Waals surface area contributed by atoms with Crippen molar-refractivity contribution in [1.82, 2.24) is 29.9 Å². The summed E-state index contributed by atoms with van der Waals surface area (Å²) in [6, 6.07) is 10.5. The van der Waals surface area contributed by atoms with Gasteiger partial charge in [0.1, 0.15) is 18.5 Å². The molecule has 0 aliphatic heterocycles. The molecule has 2 aromatic heterocycles. The van der Waals surface area contributed by atoms with Crippen LogP contribution in [-0.2, 0) is 17.4 Å². The largest absolute Gasteiger partial charge is 0.263 e. The van der Waals surface area contributed by atoms with E-state index in [2.05, 4.69) is 44.1 Å². The molecule has 1 aromatic carbocycles. The summed E-state index contributed by atoms with van der Waals surface area (Å²) in [4.78, 5) is 9.24. The summed E-state index contributed by atoms with van der Waals surface area (Å²) in [6.45, 7) is 0. The number of H-pyrrole nitrogens is 1. The highest BCUT2D eigenvalue weighted by atomic mass is 15.4. The maximum Gasteiger partial charge on any atom is 0.156 e. The van der Waals surface area contributed by atoms with Gasteiger partial charge in [-0.05, 0) is 55.9 Å². The molecule has 2 atom stereocenters. The first-order valence-electron chi connectivity index (χ1n) is 10.0. The summed E-state index contributed by atoms with van der Waals surface area (Å²) < 4.78 is 2.15. The molecular formula is C21H24N6. The molecule has 4 bridgehead atoms. The van der Waals surface area contributed by atoms with Gasteiger partial charge in [0.25, 0.3) is 0 Å². The molecule has 1 N–H and O–H groups in total. The Balaban J connectivity index is 1.34. The quantitative estimate of drug-likeness (QED) is 0.775. The van der Waals surface area contributed by atoms with Crippen LogP contribution in [0.3, 0.4) is 0 Å². The van der Waals surface area contributed by atoms with Gasteiger partial charge in [0.2, 0.25) is 0 Å². The molecule has 6 nitrogen and oxygen atoms in total. The van der Waals surface area contributed by atoms with E-state index in [4.69, 9.17) is 10.1 Å². The third kappa shape index (κ3) is 2.38. The Bertz CT molecular complexity index is 930. The lowest BCUT2D eigenvalue weighted by Crippen LogP contribution is -2.58. The minimum atomic E-state index is 0.0987. The van der Waals surface area contributed by atoms with Crippen molar-refractivity contribution in [3.63, 3.8) is 0 Å². The van der Waals surface area contributed by atoms with Gasteiger partial charge in [0, 0.05) is 11.8 Å². The second-order valence-electron chi connectivity index (χ2n) is 9.07. The molecule has 4 aliphatic rings. The number of hydrogen-bond donors (Lipinski definition) is 1. The molecule has 0 unspecified atom stereocenters. The van der Waals surface area contributed by atoms with Gasteiger partial charge in [-0.1, -0.05) is 30.3 Å². The first-order chi connectivity index (χ1) is 13.2. The number of rotatable bonds is 4. The molecule has 0 saturated heterocycles. The number of nitrogens with zero attached hydrogens (tertiary/aromatic N) is 5. The van der Waals surface area contributed by atoms with Crippen LogP contribution in [0.4, 0.5) is 0 Å². The molecule has 27 heavy (non-hydrogen) atoms. The van der Waals surface area contributed by atoms with Crippen LogP contribution >= 0.6 is 0 Å². The summed E-state index contributed by atoms with van der Waals surface area (Å²) in [5.74, 6) is 3.52. The highest BCUT2D eigenvalue weighted by Crippen LogP contribution is 2.64. The Labute approximate surface area is 158 Å². The number of hydrogen-bond acceptors (Lipinski definition) is 4.